The molecule has 0 aliphatic rings. The maximum Gasteiger partial charge on any atom is 0.342 e. The summed E-state index contributed by atoms with van der Waals surface area (Å²) in [7, 11) is 1.28. The molecule has 0 spiro atoms. The van der Waals surface area contributed by atoms with E-state index in [9.17, 15) is 9.90 Å². The van der Waals surface area contributed by atoms with Crippen molar-refractivity contribution in [2.24, 2.45) is 0 Å². The van der Waals surface area contributed by atoms with Crippen LogP contribution >= 0.6 is 0 Å². The number of fused-ring (bicyclic) bond motifs is 5. The molecule has 0 atom stereocenters. The zero-order valence-electron chi connectivity index (χ0n) is 15.6. The van der Waals surface area contributed by atoms with Crippen LogP contribution in [0.4, 0.5) is 0 Å². The van der Waals surface area contributed by atoms with Crippen LogP contribution in [-0.2, 0) is 11.3 Å². The number of rotatable bonds is 4. The fourth-order valence-electron chi connectivity index (χ4n) is 3.63. The third-order valence-electron chi connectivity index (χ3n) is 4.98. The number of hydrogen-bond donors (Lipinski definition) is 2. The van der Waals surface area contributed by atoms with Crippen molar-refractivity contribution in [2.45, 2.75) is 6.61 Å². The number of ether oxygens (including phenoxy) is 2. The van der Waals surface area contributed by atoms with Crippen molar-refractivity contribution < 1.29 is 23.8 Å². The standard InChI is InChI=1S/C23H17NO5/c1-27-23(26)20-17(25)9-10-18-21(20)19-15-11-14(7-8-16(15)24-22(19)29-18)28-12-13-5-3-2-4-6-13/h2-11,24-25H,12H2,1H3. The third kappa shape index (κ3) is 2.77. The van der Waals surface area contributed by atoms with Crippen molar-refractivity contribution >= 4 is 38.9 Å². The smallest absolute Gasteiger partial charge is 0.342 e. The number of furan rings is 1. The maximum absolute atomic E-state index is 12.3. The van der Waals surface area contributed by atoms with Gasteiger partial charge in [-0.25, -0.2) is 4.79 Å². The SMILES string of the molecule is COC(=O)c1c(O)ccc2oc3[nH]c4ccc(OCc5ccccc5)cc4c3c12. The molecular formula is C23H17NO5. The Morgan fingerprint density at radius 3 is 2.69 bits per heavy atom. The lowest BCUT2D eigenvalue weighted by Gasteiger charge is -2.07. The molecule has 6 nitrogen and oxygen atoms in total. The number of carbonyl (C=O) groups is 1. The molecule has 0 fully saturated rings. The second-order valence-electron chi connectivity index (χ2n) is 6.74. The Kier molecular flexibility index (Phi) is 3.91. The molecule has 2 heterocycles. The van der Waals surface area contributed by atoms with Crippen LogP contribution in [0, 0.1) is 0 Å². The van der Waals surface area contributed by atoms with Gasteiger partial charge in [-0.15, -0.1) is 0 Å². The van der Waals surface area contributed by atoms with E-state index >= 15 is 0 Å². The van der Waals surface area contributed by atoms with E-state index in [0.29, 0.717) is 34.4 Å². The number of benzene rings is 3. The number of carbonyl (C=O) groups excluding carboxylic acids is 1. The summed E-state index contributed by atoms with van der Waals surface area (Å²) < 4.78 is 16.7. The Bertz CT molecular complexity index is 1360. The molecule has 0 radical (unpaired) electrons. The number of aromatic nitrogens is 1. The number of hydrogen-bond acceptors (Lipinski definition) is 5. The van der Waals surface area contributed by atoms with Gasteiger partial charge in [0.25, 0.3) is 0 Å². The summed E-state index contributed by atoms with van der Waals surface area (Å²) in [5.41, 5.74) is 3.00. The summed E-state index contributed by atoms with van der Waals surface area (Å²) >= 11 is 0. The summed E-state index contributed by atoms with van der Waals surface area (Å²) in [6.07, 6.45) is 0. The van der Waals surface area contributed by atoms with Crippen LogP contribution in [0.1, 0.15) is 15.9 Å². The van der Waals surface area contributed by atoms with Gasteiger partial charge < -0.3 is 24.0 Å². The van der Waals surface area contributed by atoms with Crippen molar-refractivity contribution in [3.05, 3.63) is 71.8 Å². The predicted octanol–water partition coefficient (Wildman–Crippen LogP) is 5.14. The van der Waals surface area contributed by atoms with Gasteiger partial charge in [-0.2, -0.15) is 0 Å². The monoisotopic (exact) mass is 387 g/mol. The van der Waals surface area contributed by atoms with Crippen molar-refractivity contribution in [2.75, 3.05) is 7.11 Å². The van der Waals surface area contributed by atoms with Gasteiger partial charge in [0.1, 0.15) is 29.3 Å². The van der Waals surface area contributed by atoms with Gasteiger partial charge >= 0.3 is 5.97 Å². The summed E-state index contributed by atoms with van der Waals surface area (Å²) in [6.45, 7) is 0.445. The average Bonchev–Trinajstić information content (AvgIpc) is 3.28. The van der Waals surface area contributed by atoms with Gasteiger partial charge in [0.2, 0.25) is 5.71 Å². The molecule has 0 amide bonds. The molecule has 0 aliphatic carbocycles. The van der Waals surface area contributed by atoms with Crippen molar-refractivity contribution in [3.63, 3.8) is 0 Å². The highest BCUT2D eigenvalue weighted by molar-refractivity contribution is 6.24. The number of aromatic hydroxyl groups is 1. The van der Waals surface area contributed by atoms with Crippen LogP contribution in [0.2, 0.25) is 0 Å². The molecule has 144 valence electrons. The highest BCUT2D eigenvalue weighted by Gasteiger charge is 2.23. The Morgan fingerprint density at radius 2 is 1.90 bits per heavy atom. The number of H-pyrrole nitrogens is 1. The lowest BCUT2D eigenvalue weighted by Crippen LogP contribution is -2.02. The van der Waals surface area contributed by atoms with E-state index in [0.717, 1.165) is 16.5 Å². The lowest BCUT2D eigenvalue weighted by molar-refractivity contribution is 0.0600. The fraction of sp³-hybridized carbons (Fsp3) is 0.0870. The van der Waals surface area contributed by atoms with Crippen LogP contribution in [0.5, 0.6) is 11.5 Å². The van der Waals surface area contributed by atoms with E-state index in [1.54, 1.807) is 6.07 Å². The highest BCUT2D eigenvalue weighted by Crippen LogP contribution is 2.40. The molecule has 3 aromatic carbocycles. The van der Waals surface area contributed by atoms with Crippen LogP contribution in [0.25, 0.3) is 33.0 Å². The normalized spacial score (nSPS) is 11.3. The van der Waals surface area contributed by atoms with Gasteiger partial charge in [0.05, 0.1) is 12.5 Å². The van der Waals surface area contributed by atoms with Crippen LogP contribution in [0.15, 0.2) is 65.1 Å². The molecule has 0 bridgehead atoms. The summed E-state index contributed by atoms with van der Waals surface area (Å²) in [5.74, 6) is -0.0871. The van der Waals surface area contributed by atoms with E-state index in [1.807, 2.05) is 48.5 Å². The average molecular weight is 387 g/mol. The summed E-state index contributed by atoms with van der Waals surface area (Å²) in [4.78, 5) is 15.5. The number of phenolic OH excluding ortho intramolecular Hbond substituents is 1. The molecule has 2 N–H and O–H groups in total. The summed E-state index contributed by atoms with van der Waals surface area (Å²) in [6, 6.07) is 18.6. The van der Waals surface area contributed by atoms with E-state index in [-0.39, 0.29) is 11.3 Å². The zero-order valence-corrected chi connectivity index (χ0v) is 15.6. The Balaban J connectivity index is 1.68. The molecule has 5 aromatic rings. The minimum absolute atomic E-state index is 0.0836. The second kappa shape index (κ2) is 6.60. The van der Waals surface area contributed by atoms with Crippen LogP contribution < -0.4 is 4.74 Å². The number of esters is 1. The van der Waals surface area contributed by atoms with Crippen LogP contribution in [0.3, 0.4) is 0 Å². The lowest BCUT2D eigenvalue weighted by atomic mass is 10.0. The molecule has 0 aliphatic heterocycles. The first-order chi connectivity index (χ1) is 14.2. The Hall–Kier alpha value is -3.93. The van der Waals surface area contributed by atoms with Crippen molar-refractivity contribution in [3.8, 4) is 11.5 Å². The fourth-order valence-corrected chi connectivity index (χ4v) is 3.63. The topological polar surface area (TPSA) is 84.7 Å². The Morgan fingerprint density at radius 1 is 1.07 bits per heavy atom. The van der Waals surface area contributed by atoms with Gasteiger partial charge in [0, 0.05) is 16.3 Å². The molecule has 29 heavy (non-hydrogen) atoms. The summed E-state index contributed by atoms with van der Waals surface area (Å²) in [5, 5.41) is 12.3. The molecule has 0 saturated heterocycles. The minimum Gasteiger partial charge on any atom is -0.507 e. The van der Waals surface area contributed by atoms with Crippen LogP contribution in [-0.4, -0.2) is 23.2 Å². The highest BCUT2D eigenvalue weighted by atomic mass is 16.5. The first kappa shape index (κ1) is 17.2. The molecule has 2 aromatic heterocycles. The molecule has 6 heteroatoms. The van der Waals surface area contributed by atoms with E-state index < -0.39 is 5.97 Å². The van der Waals surface area contributed by atoms with Gasteiger partial charge in [-0.1, -0.05) is 30.3 Å². The maximum atomic E-state index is 12.3. The van der Waals surface area contributed by atoms with E-state index in [4.69, 9.17) is 13.9 Å². The first-order valence-corrected chi connectivity index (χ1v) is 9.10. The number of phenols is 1. The van der Waals surface area contributed by atoms with E-state index in [1.165, 1.54) is 13.2 Å². The molecular weight excluding hydrogens is 370 g/mol. The first-order valence-electron chi connectivity index (χ1n) is 9.10. The number of nitrogens with one attached hydrogen (secondary N) is 1. The number of aromatic amines is 1. The quantitative estimate of drug-likeness (QED) is 0.417. The van der Waals surface area contributed by atoms with E-state index in [2.05, 4.69) is 4.98 Å². The number of methoxy groups -OCH3 is 1. The Labute approximate surface area is 165 Å². The van der Waals surface area contributed by atoms with Gasteiger partial charge in [-0.05, 0) is 35.9 Å². The molecule has 0 unspecified atom stereocenters. The predicted molar refractivity (Wildman–Crippen MR) is 109 cm³/mol. The second-order valence-corrected chi connectivity index (χ2v) is 6.74. The third-order valence-corrected chi connectivity index (χ3v) is 4.98. The molecule has 0 saturated carbocycles. The van der Waals surface area contributed by atoms with Crippen molar-refractivity contribution in [1.29, 1.82) is 0 Å². The van der Waals surface area contributed by atoms with Crippen molar-refractivity contribution in [1.82, 2.24) is 4.98 Å². The molecule has 5 rings (SSSR count). The zero-order chi connectivity index (χ0) is 20.0. The largest absolute Gasteiger partial charge is 0.507 e. The van der Waals surface area contributed by atoms with Gasteiger partial charge in [0.15, 0.2) is 0 Å². The minimum atomic E-state index is -0.623. The van der Waals surface area contributed by atoms with Gasteiger partial charge in [-0.3, -0.25) is 0 Å².